The van der Waals surface area contributed by atoms with Crippen molar-refractivity contribution in [1.29, 1.82) is 0 Å². The lowest BCUT2D eigenvalue weighted by atomic mass is 9.75. The van der Waals surface area contributed by atoms with Crippen LogP contribution in [0.2, 0.25) is 0 Å². The summed E-state index contributed by atoms with van der Waals surface area (Å²) in [4.78, 5) is 11.9. The molecule has 4 rings (SSSR count). The second-order valence-corrected chi connectivity index (χ2v) is 7.27. The number of phenolic OH excluding ortho intramolecular Hbond substituents is 1. The van der Waals surface area contributed by atoms with E-state index in [9.17, 15) is 15.0 Å². The predicted octanol–water partition coefficient (Wildman–Crippen LogP) is 4.62. The normalized spacial score (nSPS) is 19.3. The smallest absolute Gasteiger partial charge is 0.335 e. The van der Waals surface area contributed by atoms with Crippen LogP contribution in [0.4, 0.5) is 0 Å². The lowest BCUT2D eigenvalue weighted by Gasteiger charge is -2.34. The monoisotopic (exact) mass is 373 g/mol. The molecule has 0 radical (unpaired) electrons. The Morgan fingerprint density at radius 1 is 0.893 bits per heavy atom. The second-order valence-electron chi connectivity index (χ2n) is 7.27. The van der Waals surface area contributed by atoms with Gasteiger partial charge in [0.1, 0.15) is 5.75 Å². The molecule has 0 bridgehead atoms. The standard InChI is InChI=1S/C24H23NO3/c26-19-8-4-7-18(13-19)20-11-12-25-15-23(20)22-14-17(9-10-21(22)24(27)28)16-5-2-1-3-6-16/h1-10,13-14,20,23,25-26H,11-12,15H2,(H,27,28)/t20-,23+/m0/s1. The van der Waals surface area contributed by atoms with Crippen molar-refractivity contribution in [1.82, 2.24) is 5.32 Å². The molecule has 1 fully saturated rings. The van der Waals surface area contributed by atoms with Crippen LogP contribution in [0.25, 0.3) is 11.1 Å². The molecule has 142 valence electrons. The highest BCUT2D eigenvalue weighted by Gasteiger charge is 2.31. The zero-order valence-corrected chi connectivity index (χ0v) is 15.5. The van der Waals surface area contributed by atoms with E-state index in [0.717, 1.165) is 35.2 Å². The van der Waals surface area contributed by atoms with Gasteiger partial charge in [-0.05, 0) is 65.4 Å². The molecule has 2 atom stereocenters. The molecule has 1 heterocycles. The van der Waals surface area contributed by atoms with Gasteiger partial charge in [-0.1, -0.05) is 48.5 Å². The molecule has 0 saturated carbocycles. The van der Waals surface area contributed by atoms with Gasteiger partial charge in [-0.3, -0.25) is 0 Å². The van der Waals surface area contributed by atoms with Crippen LogP contribution in [-0.4, -0.2) is 29.3 Å². The highest BCUT2D eigenvalue weighted by atomic mass is 16.4. The Labute approximate surface area is 164 Å². The molecule has 0 amide bonds. The van der Waals surface area contributed by atoms with Gasteiger partial charge in [0.2, 0.25) is 0 Å². The second kappa shape index (κ2) is 7.87. The molecule has 1 aliphatic heterocycles. The van der Waals surface area contributed by atoms with Crippen LogP contribution < -0.4 is 5.32 Å². The molecule has 0 aromatic heterocycles. The summed E-state index contributed by atoms with van der Waals surface area (Å²) >= 11 is 0. The lowest BCUT2D eigenvalue weighted by molar-refractivity contribution is 0.0694. The van der Waals surface area contributed by atoms with E-state index in [1.165, 1.54) is 0 Å². The number of nitrogens with one attached hydrogen (secondary N) is 1. The van der Waals surface area contributed by atoms with E-state index in [1.54, 1.807) is 18.2 Å². The molecule has 4 nitrogen and oxygen atoms in total. The van der Waals surface area contributed by atoms with E-state index in [-0.39, 0.29) is 17.6 Å². The van der Waals surface area contributed by atoms with Gasteiger partial charge in [-0.15, -0.1) is 0 Å². The summed E-state index contributed by atoms with van der Waals surface area (Å²) in [6, 6.07) is 22.9. The van der Waals surface area contributed by atoms with Crippen LogP contribution in [0.5, 0.6) is 5.75 Å². The van der Waals surface area contributed by atoms with Gasteiger partial charge in [0.05, 0.1) is 5.56 Å². The van der Waals surface area contributed by atoms with Crippen molar-refractivity contribution in [3.05, 3.63) is 89.5 Å². The van der Waals surface area contributed by atoms with Crippen molar-refractivity contribution in [2.75, 3.05) is 13.1 Å². The quantitative estimate of drug-likeness (QED) is 0.624. The summed E-state index contributed by atoms with van der Waals surface area (Å²) in [7, 11) is 0. The third-order valence-corrected chi connectivity index (χ3v) is 5.57. The zero-order chi connectivity index (χ0) is 19.5. The van der Waals surface area contributed by atoms with E-state index >= 15 is 0 Å². The van der Waals surface area contributed by atoms with Gasteiger partial charge < -0.3 is 15.5 Å². The topological polar surface area (TPSA) is 69.6 Å². The molecular weight excluding hydrogens is 350 g/mol. The number of hydrogen-bond donors (Lipinski definition) is 3. The van der Waals surface area contributed by atoms with Gasteiger partial charge in [-0.2, -0.15) is 0 Å². The number of carbonyl (C=O) groups is 1. The van der Waals surface area contributed by atoms with Crippen LogP contribution >= 0.6 is 0 Å². The molecule has 0 spiro atoms. The summed E-state index contributed by atoms with van der Waals surface area (Å²) < 4.78 is 0. The van der Waals surface area contributed by atoms with Crippen LogP contribution in [0.3, 0.4) is 0 Å². The van der Waals surface area contributed by atoms with Gasteiger partial charge in [0.25, 0.3) is 0 Å². The zero-order valence-electron chi connectivity index (χ0n) is 15.5. The van der Waals surface area contributed by atoms with Crippen LogP contribution in [0.15, 0.2) is 72.8 Å². The van der Waals surface area contributed by atoms with Crippen molar-refractivity contribution in [3.8, 4) is 16.9 Å². The van der Waals surface area contributed by atoms with E-state index in [4.69, 9.17) is 0 Å². The Morgan fingerprint density at radius 2 is 1.71 bits per heavy atom. The molecule has 3 aromatic carbocycles. The van der Waals surface area contributed by atoms with Crippen molar-refractivity contribution >= 4 is 5.97 Å². The van der Waals surface area contributed by atoms with Gasteiger partial charge in [0, 0.05) is 12.5 Å². The third kappa shape index (κ3) is 3.64. The van der Waals surface area contributed by atoms with Crippen molar-refractivity contribution in [2.45, 2.75) is 18.3 Å². The Morgan fingerprint density at radius 3 is 2.46 bits per heavy atom. The minimum atomic E-state index is -0.908. The Bertz CT molecular complexity index is 984. The number of rotatable bonds is 4. The number of piperidine rings is 1. The maximum Gasteiger partial charge on any atom is 0.335 e. The predicted molar refractivity (Wildman–Crippen MR) is 110 cm³/mol. The number of aromatic hydroxyl groups is 1. The summed E-state index contributed by atoms with van der Waals surface area (Å²) in [6.45, 7) is 1.58. The van der Waals surface area contributed by atoms with Gasteiger partial charge >= 0.3 is 5.97 Å². The molecule has 3 aromatic rings. The molecule has 1 aliphatic rings. The Hall–Kier alpha value is -3.11. The number of benzene rings is 3. The minimum Gasteiger partial charge on any atom is -0.508 e. The van der Waals surface area contributed by atoms with Crippen LogP contribution in [0.1, 0.15) is 39.7 Å². The van der Waals surface area contributed by atoms with E-state index in [0.29, 0.717) is 12.1 Å². The van der Waals surface area contributed by atoms with Crippen LogP contribution in [-0.2, 0) is 0 Å². The van der Waals surface area contributed by atoms with Crippen LogP contribution in [0, 0.1) is 0 Å². The number of aromatic carboxylic acids is 1. The van der Waals surface area contributed by atoms with Crippen molar-refractivity contribution in [2.24, 2.45) is 0 Å². The molecule has 0 aliphatic carbocycles. The van der Waals surface area contributed by atoms with Crippen molar-refractivity contribution < 1.29 is 15.0 Å². The highest BCUT2D eigenvalue weighted by Crippen LogP contribution is 2.40. The first-order chi connectivity index (χ1) is 13.6. The summed E-state index contributed by atoms with van der Waals surface area (Å²) in [6.07, 6.45) is 0.892. The molecule has 28 heavy (non-hydrogen) atoms. The third-order valence-electron chi connectivity index (χ3n) is 5.57. The number of hydrogen-bond acceptors (Lipinski definition) is 3. The van der Waals surface area contributed by atoms with Gasteiger partial charge in [-0.25, -0.2) is 4.79 Å². The summed E-state index contributed by atoms with van der Waals surface area (Å²) in [5.74, 6) is -0.496. The first kappa shape index (κ1) is 18.3. The molecule has 0 unspecified atom stereocenters. The average Bonchev–Trinajstić information content (AvgIpc) is 2.74. The number of carboxylic acid groups (broad SMARTS) is 1. The first-order valence-electron chi connectivity index (χ1n) is 9.56. The lowest BCUT2D eigenvalue weighted by Crippen LogP contribution is -2.34. The van der Waals surface area contributed by atoms with Crippen molar-refractivity contribution in [3.63, 3.8) is 0 Å². The molecule has 4 heteroatoms. The average molecular weight is 373 g/mol. The number of phenols is 1. The number of carboxylic acids is 1. The molecule has 3 N–H and O–H groups in total. The fraction of sp³-hybridized carbons (Fsp3) is 0.208. The fourth-order valence-electron chi connectivity index (χ4n) is 4.21. The molecular formula is C24H23NO3. The minimum absolute atomic E-state index is 0.0188. The Balaban J connectivity index is 1.81. The maximum absolute atomic E-state index is 11.9. The maximum atomic E-state index is 11.9. The van der Waals surface area contributed by atoms with E-state index < -0.39 is 5.97 Å². The summed E-state index contributed by atoms with van der Waals surface area (Å²) in [5.41, 5.74) is 4.32. The van der Waals surface area contributed by atoms with Gasteiger partial charge in [0.15, 0.2) is 0 Å². The highest BCUT2D eigenvalue weighted by molar-refractivity contribution is 5.90. The van der Waals surface area contributed by atoms with E-state index in [2.05, 4.69) is 5.32 Å². The SMILES string of the molecule is O=C(O)c1ccc(-c2ccccc2)cc1[C@@H]1CNCC[C@H]1c1cccc(O)c1. The molecule has 1 saturated heterocycles. The Kier molecular flexibility index (Phi) is 5.13. The largest absolute Gasteiger partial charge is 0.508 e. The summed E-state index contributed by atoms with van der Waals surface area (Å²) in [5, 5.41) is 23.1. The fourth-order valence-corrected chi connectivity index (χ4v) is 4.21. The van der Waals surface area contributed by atoms with E-state index in [1.807, 2.05) is 54.6 Å². The first-order valence-corrected chi connectivity index (χ1v) is 9.56.